The van der Waals surface area contributed by atoms with E-state index in [-0.39, 0.29) is 45.2 Å². The normalized spacial score (nSPS) is 10.8. The SMILES string of the molecule is CCN(C(=O)n1nnn(-c2c(Cl)cccc2Cl)c1=O)c1ccc(Cl)c(C(=O)OCc2ccc(OC)cc2)c1. The number of methoxy groups -OCH3 is 1. The minimum absolute atomic E-state index is 0.00289. The fourth-order valence-electron chi connectivity index (χ4n) is 3.53. The first kappa shape index (κ1) is 27.2. The summed E-state index contributed by atoms with van der Waals surface area (Å²) in [6.45, 7) is 1.82. The van der Waals surface area contributed by atoms with Crippen LogP contribution in [0.15, 0.2) is 65.5 Å². The van der Waals surface area contributed by atoms with Crippen molar-refractivity contribution < 1.29 is 19.1 Å². The number of carbonyl (C=O) groups excluding carboxylic acids is 2. The van der Waals surface area contributed by atoms with Crippen molar-refractivity contribution in [1.29, 1.82) is 0 Å². The zero-order valence-corrected chi connectivity index (χ0v) is 22.4. The molecule has 10 nitrogen and oxygen atoms in total. The van der Waals surface area contributed by atoms with Crippen LogP contribution in [0.4, 0.5) is 10.5 Å². The van der Waals surface area contributed by atoms with Gasteiger partial charge in [0.15, 0.2) is 0 Å². The van der Waals surface area contributed by atoms with Gasteiger partial charge in [-0.3, -0.25) is 4.90 Å². The molecule has 0 atom stereocenters. The predicted octanol–water partition coefficient (Wildman–Crippen LogP) is 5.25. The van der Waals surface area contributed by atoms with E-state index in [1.165, 1.54) is 35.2 Å². The highest BCUT2D eigenvalue weighted by atomic mass is 35.5. The minimum Gasteiger partial charge on any atom is -0.497 e. The maximum absolute atomic E-state index is 13.3. The summed E-state index contributed by atoms with van der Waals surface area (Å²) < 4.78 is 11.9. The number of hydrogen-bond acceptors (Lipinski definition) is 7. The number of esters is 1. The Kier molecular flexibility index (Phi) is 8.35. The zero-order chi connectivity index (χ0) is 27.4. The third-order valence-electron chi connectivity index (χ3n) is 5.47. The fraction of sp³-hybridized carbons (Fsp3) is 0.160. The molecule has 0 fully saturated rings. The third-order valence-corrected chi connectivity index (χ3v) is 6.41. The van der Waals surface area contributed by atoms with Crippen LogP contribution in [0.1, 0.15) is 22.8 Å². The fourth-order valence-corrected chi connectivity index (χ4v) is 4.28. The Labute approximate surface area is 231 Å². The van der Waals surface area contributed by atoms with Crippen LogP contribution in [0.5, 0.6) is 5.75 Å². The van der Waals surface area contributed by atoms with Crippen molar-refractivity contribution in [2.75, 3.05) is 18.6 Å². The summed E-state index contributed by atoms with van der Waals surface area (Å²) >= 11 is 18.6. The molecule has 13 heteroatoms. The molecule has 1 heterocycles. The van der Waals surface area contributed by atoms with Gasteiger partial charge in [0.05, 0.1) is 27.7 Å². The van der Waals surface area contributed by atoms with Crippen molar-refractivity contribution in [1.82, 2.24) is 19.8 Å². The topological polar surface area (TPSA) is 109 Å². The van der Waals surface area contributed by atoms with Gasteiger partial charge < -0.3 is 9.47 Å². The highest BCUT2D eigenvalue weighted by Gasteiger charge is 2.25. The number of ether oxygens (including phenoxy) is 2. The summed E-state index contributed by atoms with van der Waals surface area (Å²) in [5.41, 5.74) is 0.295. The van der Waals surface area contributed by atoms with E-state index in [4.69, 9.17) is 44.3 Å². The smallest absolute Gasteiger partial charge is 0.377 e. The Balaban J connectivity index is 1.58. The van der Waals surface area contributed by atoms with Crippen molar-refractivity contribution in [2.45, 2.75) is 13.5 Å². The standard InChI is InChI=1S/C25H20Cl3N5O5/c1-3-31(24(35)33-25(36)32(29-30-33)22-20(27)5-4-6-21(22)28)16-9-12-19(26)18(13-16)23(34)38-14-15-7-10-17(37-2)11-8-15/h4-13H,3,14H2,1-2H3. The first-order valence-corrected chi connectivity index (χ1v) is 12.3. The quantitative estimate of drug-likeness (QED) is 0.218. The number of carbonyl (C=O) groups is 2. The van der Waals surface area contributed by atoms with E-state index in [0.29, 0.717) is 10.4 Å². The molecule has 196 valence electrons. The van der Waals surface area contributed by atoms with E-state index in [1.807, 2.05) is 0 Å². The van der Waals surface area contributed by atoms with Crippen molar-refractivity contribution >= 4 is 52.5 Å². The Bertz CT molecular complexity index is 1530. The van der Waals surface area contributed by atoms with Gasteiger partial charge in [-0.1, -0.05) is 53.0 Å². The van der Waals surface area contributed by atoms with Crippen molar-refractivity contribution in [3.63, 3.8) is 0 Å². The Morgan fingerprint density at radius 2 is 1.63 bits per heavy atom. The van der Waals surface area contributed by atoms with Crippen molar-refractivity contribution in [2.24, 2.45) is 0 Å². The molecule has 0 spiro atoms. The third kappa shape index (κ3) is 5.52. The lowest BCUT2D eigenvalue weighted by Crippen LogP contribution is -2.41. The molecule has 3 aromatic carbocycles. The molecule has 0 N–H and O–H groups in total. The summed E-state index contributed by atoms with van der Waals surface area (Å²) in [6.07, 6.45) is 0. The first-order chi connectivity index (χ1) is 18.2. The maximum atomic E-state index is 13.3. The first-order valence-electron chi connectivity index (χ1n) is 11.2. The molecule has 1 amide bonds. The van der Waals surface area contributed by atoms with Crippen LogP contribution in [0.25, 0.3) is 5.69 Å². The molecule has 1 aromatic heterocycles. The van der Waals surface area contributed by atoms with Gasteiger partial charge in [-0.05, 0) is 65.4 Å². The molecule has 0 aliphatic rings. The molecule has 0 aliphatic heterocycles. The molecule has 4 rings (SSSR count). The molecule has 4 aromatic rings. The van der Waals surface area contributed by atoms with Crippen molar-refractivity contribution in [3.8, 4) is 11.4 Å². The summed E-state index contributed by atoms with van der Waals surface area (Å²) in [6, 6.07) is 15.3. The summed E-state index contributed by atoms with van der Waals surface area (Å²) in [5, 5.41) is 7.90. The Morgan fingerprint density at radius 1 is 0.947 bits per heavy atom. The number of benzene rings is 3. The average molecular weight is 577 g/mol. The number of anilines is 1. The summed E-state index contributed by atoms with van der Waals surface area (Å²) in [7, 11) is 1.56. The molecule has 0 saturated heterocycles. The molecule has 0 radical (unpaired) electrons. The minimum atomic E-state index is -0.878. The van der Waals surface area contributed by atoms with Crippen LogP contribution in [0.2, 0.25) is 15.1 Å². The Morgan fingerprint density at radius 3 is 2.26 bits per heavy atom. The average Bonchev–Trinajstić information content (AvgIpc) is 3.29. The van der Waals surface area contributed by atoms with Crippen LogP contribution in [0, 0.1) is 0 Å². The molecule has 38 heavy (non-hydrogen) atoms. The second-order valence-electron chi connectivity index (χ2n) is 7.77. The van der Waals surface area contributed by atoms with Gasteiger partial charge in [-0.25, -0.2) is 14.4 Å². The van der Waals surface area contributed by atoms with Crippen LogP contribution in [-0.4, -0.2) is 45.4 Å². The number of para-hydroxylation sites is 1. The molecule has 0 bridgehead atoms. The summed E-state index contributed by atoms with van der Waals surface area (Å²) in [4.78, 5) is 40.3. The largest absolute Gasteiger partial charge is 0.497 e. The zero-order valence-electron chi connectivity index (χ0n) is 20.1. The number of halogens is 3. The van der Waals surface area contributed by atoms with Gasteiger partial charge in [0.2, 0.25) is 0 Å². The van der Waals surface area contributed by atoms with Gasteiger partial charge in [0.25, 0.3) is 0 Å². The van der Waals surface area contributed by atoms with Gasteiger partial charge in [0.1, 0.15) is 18.0 Å². The summed E-state index contributed by atoms with van der Waals surface area (Å²) in [5.74, 6) is -0.0121. The number of amides is 1. The number of aromatic nitrogens is 4. The highest BCUT2D eigenvalue weighted by molar-refractivity contribution is 6.37. The second-order valence-corrected chi connectivity index (χ2v) is 8.99. The van der Waals surface area contributed by atoms with Gasteiger partial charge in [-0.15, -0.1) is 4.68 Å². The van der Waals surface area contributed by atoms with Crippen LogP contribution < -0.4 is 15.3 Å². The Hall–Kier alpha value is -3.86. The predicted molar refractivity (Wildman–Crippen MR) is 143 cm³/mol. The van der Waals surface area contributed by atoms with Crippen LogP contribution >= 0.6 is 34.8 Å². The molecule has 0 unspecified atom stereocenters. The molecule has 0 aliphatic carbocycles. The highest BCUT2D eigenvalue weighted by Crippen LogP contribution is 2.27. The van der Waals surface area contributed by atoms with E-state index in [9.17, 15) is 14.4 Å². The van der Waals surface area contributed by atoms with Gasteiger partial charge in [-0.2, -0.15) is 4.68 Å². The van der Waals surface area contributed by atoms with Crippen molar-refractivity contribution in [3.05, 3.63) is 97.3 Å². The van der Waals surface area contributed by atoms with Crippen LogP contribution in [0.3, 0.4) is 0 Å². The molecular formula is C25H20Cl3N5O5. The van der Waals surface area contributed by atoms with E-state index in [1.54, 1.807) is 44.4 Å². The van der Waals surface area contributed by atoms with E-state index in [0.717, 1.165) is 10.2 Å². The second kappa shape index (κ2) is 11.7. The van der Waals surface area contributed by atoms with E-state index < -0.39 is 17.7 Å². The number of tetrazole rings is 1. The van der Waals surface area contributed by atoms with Gasteiger partial charge >= 0.3 is 17.7 Å². The lowest BCUT2D eigenvalue weighted by atomic mass is 10.2. The van der Waals surface area contributed by atoms with Crippen LogP contribution in [-0.2, 0) is 11.3 Å². The monoisotopic (exact) mass is 575 g/mol. The van der Waals surface area contributed by atoms with E-state index >= 15 is 0 Å². The van der Waals surface area contributed by atoms with Gasteiger partial charge in [0, 0.05) is 12.2 Å². The lowest BCUT2D eigenvalue weighted by Gasteiger charge is -2.20. The van der Waals surface area contributed by atoms with E-state index in [2.05, 4.69) is 10.4 Å². The number of hydrogen-bond donors (Lipinski definition) is 0. The molecule has 0 saturated carbocycles. The lowest BCUT2D eigenvalue weighted by molar-refractivity contribution is 0.0473. The maximum Gasteiger partial charge on any atom is 0.377 e. The number of nitrogens with zero attached hydrogens (tertiary/aromatic N) is 5. The molecular weight excluding hydrogens is 557 g/mol. The number of rotatable bonds is 7.